The average Bonchev–Trinajstić information content (AvgIpc) is 2.97. The molecule has 3 rings (SSSR count). The fourth-order valence-corrected chi connectivity index (χ4v) is 4.47. The fraction of sp³-hybridized carbons (Fsp3) is 0.400. The Labute approximate surface area is 139 Å². The molecule has 2 aliphatic heterocycles. The van der Waals surface area contributed by atoms with E-state index in [9.17, 15) is 13.2 Å². The van der Waals surface area contributed by atoms with Crippen LogP contribution in [0.1, 0.15) is 13.3 Å². The van der Waals surface area contributed by atoms with Crippen molar-refractivity contribution < 1.29 is 13.2 Å². The molecule has 1 saturated heterocycles. The third-order valence-corrected chi connectivity index (χ3v) is 5.88. The lowest BCUT2D eigenvalue weighted by Gasteiger charge is -2.13. The first-order valence-corrected chi connectivity index (χ1v) is 9.44. The van der Waals surface area contributed by atoms with Gasteiger partial charge < -0.3 is 0 Å². The van der Waals surface area contributed by atoms with E-state index in [4.69, 9.17) is 11.6 Å². The number of rotatable bonds is 3. The maximum atomic E-state index is 12.5. The minimum absolute atomic E-state index is 0.0542. The van der Waals surface area contributed by atoms with Crippen LogP contribution in [0.5, 0.6) is 0 Å². The van der Waals surface area contributed by atoms with Gasteiger partial charge in [0.05, 0.1) is 28.9 Å². The molecule has 6 nitrogen and oxygen atoms in total. The number of benzene rings is 1. The molecule has 23 heavy (non-hydrogen) atoms. The summed E-state index contributed by atoms with van der Waals surface area (Å²) in [5.74, 6) is -0.555. The highest BCUT2D eigenvalue weighted by Crippen LogP contribution is 2.26. The quantitative estimate of drug-likeness (QED) is 0.779. The molecule has 1 amide bonds. The minimum Gasteiger partial charge on any atom is -0.292 e. The third-order valence-electron chi connectivity index (χ3n) is 3.89. The summed E-state index contributed by atoms with van der Waals surface area (Å²) >= 11 is 5.95. The van der Waals surface area contributed by atoms with Crippen molar-refractivity contribution in [1.82, 2.24) is 0 Å². The van der Waals surface area contributed by atoms with Crippen molar-refractivity contribution in [2.24, 2.45) is 16.0 Å². The van der Waals surface area contributed by atoms with Crippen LogP contribution in [-0.4, -0.2) is 43.8 Å². The molecule has 0 aliphatic carbocycles. The number of nitrogens with zero attached hydrogens (tertiary/aromatic N) is 3. The van der Waals surface area contributed by atoms with Gasteiger partial charge in [-0.3, -0.25) is 9.79 Å². The Morgan fingerprint density at radius 2 is 2.22 bits per heavy atom. The molecule has 2 aliphatic rings. The van der Waals surface area contributed by atoms with Gasteiger partial charge in [0.25, 0.3) is 5.91 Å². The number of sulfone groups is 1. The van der Waals surface area contributed by atoms with E-state index in [1.165, 1.54) is 11.2 Å². The van der Waals surface area contributed by atoms with Crippen molar-refractivity contribution >= 4 is 45.0 Å². The van der Waals surface area contributed by atoms with Crippen molar-refractivity contribution in [3.05, 3.63) is 29.3 Å². The van der Waals surface area contributed by atoms with Crippen molar-refractivity contribution in [1.29, 1.82) is 0 Å². The molecule has 2 heterocycles. The van der Waals surface area contributed by atoms with Crippen molar-refractivity contribution in [3.63, 3.8) is 0 Å². The highest BCUT2D eigenvalue weighted by Gasteiger charge is 2.34. The van der Waals surface area contributed by atoms with Crippen LogP contribution >= 0.6 is 11.6 Å². The van der Waals surface area contributed by atoms with Crippen LogP contribution in [0.25, 0.3) is 0 Å². The predicted octanol–water partition coefficient (Wildman–Crippen LogP) is 1.94. The molecule has 0 radical (unpaired) electrons. The molecule has 0 aromatic heterocycles. The summed E-state index contributed by atoms with van der Waals surface area (Å²) in [6.45, 7) is 1.75. The second kappa shape index (κ2) is 6.05. The first-order chi connectivity index (χ1) is 10.9. The normalized spacial score (nSPS) is 27.0. The zero-order chi connectivity index (χ0) is 16.6. The number of carbonyl (C=O) groups is 1. The second-order valence-electron chi connectivity index (χ2n) is 5.70. The highest BCUT2D eigenvalue weighted by atomic mass is 35.5. The van der Waals surface area contributed by atoms with Gasteiger partial charge in [0.1, 0.15) is 5.92 Å². The van der Waals surface area contributed by atoms with Gasteiger partial charge in [-0.2, -0.15) is 10.1 Å². The zero-order valence-corrected chi connectivity index (χ0v) is 14.1. The third kappa shape index (κ3) is 3.45. The van der Waals surface area contributed by atoms with Gasteiger partial charge >= 0.3 is 0 Å². The number of hydrazone groups is 1. The lowest BCUT2D eigenvalue weighted by atomic mass is 10.1. The SMILES string of the molecule is CC1=NN(c2cccc(Cl)c2)C(=O)[C@@H]1C=N[C@@H]1CCS(=O)(=O)C1. The number of aliphatic imine (C=N–C) groups is 1. The number of anilines is 1. The van der Waals surface area contributed by atoms with E-state index in [0.717, 1.165) is 0 Å². The molecule has 1 aromatic rings. The van der Waals surface area contributed by atoms with Gasteiger partial charge in [-0.25, -0.2) is 8.42 Å². The molecule has 0 bridgehead atoms. The van der Waals surface area contributed by atoms with Gasteiger partial charge in [0.2, 0.25) is 0 Å². The maximum absolute atomic E-state index is 12.5. The Morgan fingerprint density at radius 1 is 1.43 bits per heavy atom. The molecule has 0 saturated carbocycles. The predicted molar refractivity (Wildman–Crippen MR) is 91.1 cm³/mol. The van der Waals surface area contributed by atoms with E-state index < -0.39 is 15.8 Å². The van der Waals surface area contributed by atoms with Gasteiger partial charge in [0.15, 0.2) is 9.84 Å². The van der Waals surface area contributed by atoms with Crippen LogP contribution in [0.2, 0.25) is 5.02 Å². The molecular formula is C15H16ClN3O3S. The Hall–Kier alpha value is -1.73. The smallest absolute Gasteiger partial charge is 0.261 e. The number of hydrogen-bond donors (Lipinski definition) is 0. The van der Waals surface area contributed by atoms with E-state index in [-0.39, 0.29) is 23.5 Å². The molecule has 1 aromatic carbocycles. The van der Waals surface area contributed by atoms with E-state index in [0.29, 0.717) is 22.8 Å². The molecule has 122 valence electrons. The zero-order valence-electron chi connectivity index (χ0n) is 12.5. The van der Waals surface area contributed by atoms with Crippen LogP contribution in [0.15, 0.2) is 34.4 Å². The maximum Gasteiger partial charge on any atom is 0.261 e. The Balaban J connectivity index is 1.75. The summed E-state index contributed by atoms with van der Waals surface area (Å²) in [6.07, 6.45) is 2.03. The second-order valence-corrected chi connectivity index (χ2v) is 8.37. The first-order valence-electron chi connectivity index (χ1n) is 7.24. The van der Waals surface area contributed by atoms with E-state index >= 15 is 0 Å². The minimum atomic E-state index is -2.98. The number of halogens is 1. The van der Waals surface area contributed by atoms with Crippen LogP contribution in [-0.2, 0) is 14.6 Å². The van der Waals surface area contributed by atoms with Gasteiger partial charge in [-0.05, 0) is 31.5 Å². The van der Waals surface area contributed by atoms with Gasteiger partial charge in [-0.15, -0.1) is 0 Å². The molecular weight excluding hydrogens is 338 g/mol. The summed E-state index contributed by atoms with van der Waals surface area (Å²) in [4.78, 5) is 16.8. The molecule has 2 atom stereocenters. The standard InChI is InChI=1S/C15H16ClN3O3S/c1-10-14(8-17-12-5-6-23(21,22)9-12)15(20)19(18-10)13-4-2-3-11(16)7-13/h2-4,7-8,12,14H,5-6,9H2,1H3/t12-,14-/m1/s1. The van der Waals surface area contributed by atoms with Crippen molar-refractivity contribution in [2.45, 2.75) is 19.4 Å². The number of carbonyl (C=O) groups excluding carboxylic acids is 1. The Morgan fingerprint density at radius 3 is 2.87 bits per heavy atom. The van der Waals surface area contributed by atoms with Crippen LogP contribution in [0.3, 0.4) is 0 Å². The number of hydrogen-bond acceptors (Lipinski definition) is 5. The summed E-state index contributed by atoms with van der Waals surface area (Å²) in [5.41, 5.74) is 1.22. The molecule has 0 N–H and O–H groups in total. The monoisotopic (exact) mass is 353 g/mol. The van der Waals surface area contributed by atoms with E-state index in [1.54, 1.807) is 31.2 Å². The van der Waals surface area contributed by atoms with Gasteiger partial charge in [0, 0.05) is 11.2 Å². The van der Waals surface area contributed by atoms with Crippen molar-refractivity contribution in [2.75, 3.05) is 16.5 Å². The van der Waals surface area contributed by atoms with Crippen molar-refractivity contribution in [3.8, 4) is 0 Å². The van der Waals surface area contributed by atoms with E-state index in [1.807, 2.05) is 0 Å². The van der Waals surface area contributed by atoms with Crippen LogP contribution in [0.4, 0.5) is 5.69 Å². The summed E-state index contributed by atoms with van der Waals surface area (Å²) in [5, 5.41) is 6.10. The summed E-state index contributed by atoms with van der Waals surface area (Å²) in [6, 6.07) is 6.63. The molecule has 0 spiro atoms. The fourth-order valence-electron chi connectivity index (χ4n) is 2.64. The Bertz CT molecular complexity index is 804. The lowest BCUT2D eigenvalue weighted by Crippen LogP contribution is -2.28. The lowest BCUT2D eigenvalue weighted by molar-refractivity contribution is -0.118. The number of amides is 1. The topological polar surface area (TPSA) is 79.2 Å². The summed E-state index contributed by atoms with van der Waals surface area (Å²) < 4.78 is 22.9. The summed E-state index contributed by atoms with van der Waals surface area (Å²) in [7, 11) is -2.98. The molecule has 1 fully saturated rings. The van der Waals surface area contributed by atoms with Crippen LogP contribution in [0, 0.1) is 5.92 Å². The Kier molecular flexibility index (Phi) is 4.25. The average molecular weight is 354 g/mol. The molecule has 0 unspecified atom stereocenters. The van der Waals surface area contributed by atoms with Crippen LogP contribution < -0.4 is 5.01 Å². The highest BCUT2D eigenvalue weighted by molar-refractivity contribution is 7.91. The first kappa shape index (κ1) is 16.1. The largest absolute Gasteiger partial charge is 0.292 e. The van der Waals surface area contributed by atoms with E-state index in [2.05, 4.69) is 10.1 Å². The van der Waals surface area contributed by atoms with Gasteiger partial charge in [-0.1, -0.05) is 17.7 Å². The molecule has 8 heteroatoms.